The molecule has 3 rings (SSSR count). The molecule has 1 aliphatic carbocycles. The summed E-state index contributed by atoms with van der Waals surface area (Å²) in [6, 6.07) is 13.7. The Morgan fingerprint density at radius 3 is 2.09 bits per heavy atom. The van der Waals surface area contributed by atoms with Crippen LogP contribution in [0.5, 0.6) is 0 Å². The summed E-state index contributed by atoms with van der Waals surface area (Å²) in [6.45, 7) is 3.41. The van der Waals surface area contributed by atoms with Gasteiger partial charge in [0, 0.05) is 18.9 Å². The second-order valence-electron chi connectivity index (χ2n) is 8.45. The Labute approximate surface area is 198 Å². The highest BCUT2D eigenvalue weighted by Gasteiger charge is 2.30. The van der Waals surface area contributed by atoms with E-state index in [1.54, 1.807) is 6.08 Å². The topological polar surface area (TPSA) is 125 Å². The van der Waals surface area contributed by atoms with Crippen LogP contribution in [0.3, 0.4) is 0 Å². The zero-order chi connectivity index (χ0) is 24.7. The molecule has 0 aromatic heterocycles. The molecule has 0 saturated heterocycles. The number of rotatable bonds is 10. The number of aliphatic hydroxyl groups is 1. The summed E-state index contributed by atoms with van der Waals surface area (Å²) in [5.41, 5.74) is 5.30. The number of hydrogen-bond donors (Lipinski definition) is 4. The van der Waals surface area contributed by atoms with E-state index in [0.717, 1.165) is 27.8 Å². The molecule has 8 nitrogen and oxygen atoms in total. The van der Waals surface area contributed by atoms with Gasteiger partial charge in [-0.25, -0.2) is 9.59 Å². The first-order chi connectivity index (χ1) is 16.3. The number of carboxylic acids is 1. The van der Waals surface area contributed by atoms with Gasteiger partial charge in [-0.3, -0.25) is 4.79 Å². The van der Waals surface area contributed by atoms with Gasteiger partial charge in [0.15, 0.2) is 0 Å². The molecule has 1 aliphatic rings. The van der Waals surface area contributed by atoms with Crippen molar-refractivity contribution in [3.05, 3.63) is 71.3 Å². The molecule has 0 saturated carbocycles. The predicted octanol–water partition coefficient (Wildman–Crippen LogP) is 3.20. The van der Waals surface area contributed by atoms with Crippen LogP contribution in [0.1, 0.15) is 43.7 Å². The largest absolute Gasteiger partial charge is 0.480 e. The summed E-state index contributed by atoms with van der Waals surface area (Å²) in [5, 5.41) is 23.2. The number of allylic oxidation sites excluding steroid dienone is 1. The molecule has 0 spiro atoms. The second kappa shape index (κ2) is 11.5. The van der Waals surface area contributed by atoms with E-state index in [9.17, 15) is 19.5 Å². The summed E-state index contributed by atoms with van der Waals surface area (Å²) in [4.78, 5) is 36.7. The van der Waals surface area contributed by atoms with Gasteiger partial charge in [-0.2, -0.15) is 0 Å². The number of ether oxygens (including phenoxy) is 1. The molecule has 0 fully saturated rings. The number of aliphatic hydroxyl groups excluding tert-OH is 1. The second-order valence-corrected chi connectivity index (χ2v) is 8.45. The van der Waals surface area contributed by atoms with Crippen molar-refractivity contribution in [2.24, 2.45) is 0 Å². The third-order valence-electron chi connectivity index (χ3n) is 5.75. The van der Waals surface area contributed by atoms with Gasteiger partial charge in [-0.1, -0.05) is 60.2 Å². The third-order valence-corrected chi connectivity index (χ3v) is 5.75. The SMILES string of the molecule is CC(C)=CCC(NC(=O)OCC1c2ccccc2-c2ccccc21)C(=O)N[C@@H](CCO)C(=O)O. The molecule has 8 heteroatoms. The first-order valence-corrected chi connectivity index (χ1v) is 11.2. The zero-order valence-corrected chi connectivity index (χ0v) is 19.3. The number of carboxylic acid groups (broad SMARTS) is 1. The van der Waals surface area contributed by atoms with E-state index in [1.807, 2.05) is 62.4 Å². The van der Waals surface area contributed by atoms with Crippen molar-refractivity contribution in [2.45, 2.75) is 44.7 Å². The smallest absolute Gasteiger partial charge is 0.407 e. The Hall–Kier alpha value is -3.65. The molecule has 1 unspecified atom stereocenters. The molecule has 0 radical (unpaired) electrons. The fraction of sp³-hybridized carbons (Fsp3) is 0.346. The summed E-state index contributed by atoms with van der Waals surface area (Å²) < 4.78 is 5.52. The third kappa shape index (κ3) is 6.02. The molecule has 4 N–H and O–H groups in total. The number of amides is 2. The van der Waals surface area contributed by atoms with Gasteiger partial charge < -0.3 is 25.6 Å². The van der Waals surface area contributed by atoms with E-state index in [4.69, 9.17) is 9.84 Å². The molecule has 0 aliphatic heterocycles. The minimum Gasteiger partial charge on any atom is -0.480 e. The summed E-state index contributed by atoms with van der Waals surface area (Å²) in [5.74, 6) is -2.04. The van der Waals surface area contributed by atoms with Crippen LogP contribution >= 0.6 is 0 Å². The number of alkyl carbamates (subject to hydrolysis) is 1. The Morgan fingerprint density at radius 2 is 1.56 bits per heavy atom. The molecule has 2 amide bonds. The van der Waals surface area contributed by atoms with Crippen LogP contribution in [-0.2, 0) is 14.3 Å². The molecule has 0 bridgehead atoms. The van der Waals surface area contributed by atoms with Gasteiger partial charge in [-0.15, -0.1) is 0 Å². The molecule has 0 heterocycles. The fourth-order valence-corrected chi connectivity index (χ4v) is 4.03. The number of aliphatic carboxylic acids is 1. The van der Waals surface area contributed by atoms with Gasteiger partial charge in [-0.05, 0) is 42.5 Å². The quantitative estimate of drug-likeness (QED) is 0.399. The Morgan fingerprint density at radius 1 is 0.971 bits per heavy atom. The van der Waals surface area contributed by atoms with E-state index in [0.29, 0.717) is 0 Å². The minimum absolute atomic E-state index is 0.0963. The Balaban J connectivity index is 1.68. The lowest BCUT2D eigenvalue weighted by molar-refractivity contribution is -0.142. The first kappa shape index (κ1) is 25.0. The first-order valence-electron chi connectivity index (χ1n) is 11.2. The summed E-state index contributed by atoms with van der Waals surface area (Å²) >= 11 is 0. The van der Waals surface area contributed by atoms with Gasteiger partial charge in [0.2, 0.25) is 5.91 Å². The number of carbonyl (C=O) groups excluding carboxylic acids is 2. The molecule has 34 heavy (non-hydrogen) atoms. The highest BCUT2D eigenvalue weighted by Crippen LogP contribution is 2.44. The van der Waals surface area contributed by atoms with Crippen molar-refractivity contribution in [1.82, 2.24) is 10.6 Å². The zero-order valence-electron chi connectivity index (χ0n) is 19.3. The molecular formula is C26H30N2O6. The standard InChI is InChI=1S/C26H30N2O6/c1-16(2)11-12-22(24(30)27-23(13-14-29)25(31)32)28-26(33)34-15-21-19-9-5-3-7-17(19)18-8-4-6-10-20(18)21/h3-11,21-23,29H,12-15H2,1-2H3,(H,27,30)(H,28,33)(H,31,32)/t22?,23-/m0/s1. The summed E-state index contributed by atoms with van der Waals surface area (Å²) in [7, 11) is 0. The number of benzene rings is 2. The number of fused-ring (bicyclic) bond motifs is 3. The maximum absolute atomic E-state index is 12.7. The van der Waals surface area contributed by atoms with Crippen molar-refractivity contribution < 1.29 is 29.3 Å². The van der Waals surface area contributed by atoms with Crippen LogP contribution in [0.25, 0.3) is 11.1 Å². The molecule has 180 valence electrons. The van der Waals surface area contributed by atoms with Crippen molar-refractivity contribution in [3.63, 3.8) is 0 Å². The lowest BCUT2D eigenvalue weighted by atomic mass is 9.98. The minimum atomic E-state index is -1.26. The van der Waals surface area contributed by atoms with E-state index < -0.39 is 36.7 Å². The molecule has 2 atom stereocenters. The van der Waals surface area contributed by atoms with Crippen molar-refractivity contribution in [3.8, 4) is 11.1 Å². The highest BCUT2D eigenvalue weighted by molar-refractivity contribution is 5.89. The van der Waals surface area contributed by atoms with Crippen LogP contribution in [0.2, 0.25) is 0 Å². The van der Waals surface area contributed by atoms with Crippen LogP contribution in [0.15, 0.2) is 60.2 Å². The van der Waals surface area contributed by atoms with E-state index in [-0.39, 0.29) is 25.4 Å². The average molecular weight is 467 g/mol. The number of carbonyl (C=O) groups is 3. The number of nitrogens with one attached hydrogen (secondary N) is 2. The monoisotopic (exact) mass is 466 g/mol. The fourth-order valence-electron chi connectivity index (χ4n) is 4.03. The maximum Gasteiger partial charge on any atom is 0.407 e. The maximum atomic E-state index is 12.7. The van der Waals surface area contributed by atoms with Crippen molar-refractivity contribution in [2.75, 3.05) is 13.2 Å². The van der Waals surface area contributed by atoms with E-state index in [2.05, 4.69) is 10.6 Å². The van der Waals surface area contributed by atoms with Crippen LogP contribution < -0.4 is 10.6 Å². The Bertz CT molecular complexity index is 1030. The Kier molecular flexibility index (Phi) is 8.43. The van der Waals surface area contributed by atoms with Crippen molar-refractivity contribution in [1.29, 1.82) is 0 Å². The normalized spacial score (nSPS) is 13.7. The van der Waals surface area contributed by atoms with Crippen LogP contribution in [-0.4, -0.2) is 53.5 Å². The summed E-state index contributed by atoms with van der Waals surface area (Å²) in [6.07, 6.45) is 1.04. The van der Waals surface area contributed by atoms with Gasteiger partial charge in [0.25, 0.3) is 0 Å². The van der Waals surface area contributed by atoms with Gasteiger partial charge >= 0.3 is 12.1 Å². The average Bonchev–Trinajstić information content (AvgIpc) is 3.13. The predicted molar refractivity (Wildman–Crippen MR) is 127 cm³/mol. The molecule has 2 aromatic carbocycles. The van der Waals surface area contributed by atoms with E-state index >= 15 is 0 Å². The van der Waals surface area contributed by atoms with Crippen LogP contribution in [0, 0.1) is 0 Å². The van der Waals surface area contributed by atoms with Gasteiger partial charge in [0.1, 0.15) is 18.7 Å². The molecular weight excluding hydrogens is 436 g/mol. The van der Waals surface area contributed by atoms with Crippen LogP contribution in [0.4, 0.5) is 4.79 Å². The molecule has 2 aromatic rings. The van der Waals surface area contributed by atoms with Crippen molar-refractivity contribution >= 4 is 18.0 Å². The highest BCUT2D eigenvalue weighted by atomic mass is 16.5. The lowest BCUT2D eigenvalue weighted by Gasteiger charge is -2.21. The van der Waals surface area contributed by atoms with E-state index in [1.165, 1.54) is 0 Å². The lowest BCUT2D eigenvalue weighted by Crippen LogP contribution is -2.51. The number of hydrogen-bond acceptors (Lipinski definition) is 5. The van der Waals surface area contributed by atoms with Gasteiger partial charge in [0.05, 0.1) is 0 Å².